The molecule has 0 bridgehead atoms. The van der Waals surface area contributed by atoms with E-state index in [0.717, 1.165) is 12.1 Å². The van der Waals surface area contributed by atoms with Gasteiger partial charge in [0.25, 0.3) is 0 Å². The summed E-state index contributed by atoms with van der Waals surface area (Å²) in [4.78, 5) is 42.6. The fraction of sp³-hybridized carbons (Fsp3) is 0.290. The number of hydrogen-bond donors (Lipinski definition) is 3. The van der Waals surface area contributed by atoms with Crippen molar-refractivity contribution in [2.75, 3.05) is 19.8 Å². The predicted molar refractivity (Wildman–Crippen MR) is 164 cm³/mol. The second kappa shape index (κ2) is 14.8. The van der Waals surface area contributed by atoms with E-state index >= 15 is 0 Å². The average molecular weight is 710 g/mol. The lowest BCUT2D eigenvalue weighted by Gasteiger charge is -2.29. The summed E-state index contributed by atoms with van der Waals surface area (Å²) in [6.07, 6.45) is -1.70. The van der Waals surface area contributed by atoms with E-state index in [4.69, 9.17) is 19.3 Å². The molecule has 18 heteroatoms. The molecule has 1 unspecified atom stereocenters. The standard InChI is InChI=1S/C31H29F5N5O7P/c1-2-11-46-19-8-9-20(22(14-19)31(34,35)36)24-10-7-18(15-37-24)28(30(42)47-12-4-13-48-49(43,44)45)41-17-26-25(16-38-41)39-29(40-26)21-5-3-6-23(32)27(21)33/h3,5-10,14-16,28H,2,4,11-13,17H2,1H3,(H,39,40)(H2,43,44,45). The first-order valence-electron chi connectivity index (χ1n) is 14.8. The summed E-state index contributed by atoms with van der Waals surface area (Å²) in [5.74, 6) is -3.01. The van der Waals surface area contributed by atoms with Crippen LogP contribution in [-0.4, -0.2) is 61.8 Å². The van der Waals surface area contributed by atoms with Crippen LogP contribution in [0.15, 0.2) is 59.8 Å². The van der Waals surface area contributed by atoms with Gasteiger partial charge in [-0.25, -0.2) is 23.1 Å². The number of esters is 1. The number of aromatic amines is 1. The number of phosphoric ester groups is 1. The van der Waals surface area contributed by atoms with Crippen LogP contribution in [-0.2, 0) is 31.3 Å². The van der Waals surface area contributed by atoms with Gasteiger partial charge in [0.05, 0.1) is 60.8 Å². The normalized spacial score (nSPS) is 13.7. The molecule has 0 saturated carbocycles. The number of fused-ring (bicyclic) bond motifs is 1. The van der Waals surface area contributed by atoms with Crippen molar-refractivity contribution >= 4 is 20.0 Å². The minimum Gasteiger partial charge on any atom is -0.494 e. The molecule has 2 aromatic heterocycles. The summed E-state index contributed by atoms with van der Waals surface area (Å²) in [7, 11) is -4.74. The van der Waals surface area contributed by atoms with Gasteiger partial charge >= 0.3 is 20.0 Å². The highest BCUT2D eigenvalue weighted by atomic mass is 31.2. The van der Waals surface area contributed by atoms with Crippen molar-refractivity contribution in [3.05, 3.63) is 88.9 Å². The highest BCUT2D eigenvalue weighted by molar-refractivity contribution is 7.46. The van der Waals surface area contributed by atoms with E-state index in [2.05, 4.69) is 24.6 Å². The molecule has 0 radical (unpaired) electrons. The summed E-state index contributed by atoms with van der Waals surface area (Å²) in [6, 6.07) is 8.51. The van der Waals surface area contributed by atoms with Crippen LogP contribution in [0.4, 0.5) is 22.0 Å². The van der Waals surface area contributed by atoms with Crippen LogP contribution in [0.1, 0.15) is 48.3 Å². The molecular weight excluding hydrogens is 680 g/mol. The van der Waals surface area contributed by atoms with E-state index < -0.39 is 49.8 Å². The Morgan fingerprint density at radius 1 is 1.08 bits per heavy atom. The molecule has 0 spiro atoms. The molecule has 2 aromatic carbocycles. The third-order valence-electron chi connectivity index (χ3n) is 7.13. The predicted octanol–water partition coefficient (Wildman–Crippen LogP) is 6.16. The molecule has 0 aliphatic carbocycles. The summed E-state index contributed by atoms with van der Waals surface area (Å²) < 4.78 is 96.5. The Bertz CT molecular complexity index is 1880. The Hall–Kier alpha value is -4.70. The van der Waals surface area contributed by atoms with E-state index in [1.54, 1.807) is 0 Å². The lowest BCUT2D eigenvalue weighted by atomic mass is 10.0. The molecule has 49 heavy (non-hydrogen) atoms. The Balaban J connectivity index is 1.43. The lowest BCUT2D eigenvalue weighted by molar-refractivity contribution is -0.151. The second-order valence-electron chi connectivity index (χ2n) is 10.7. The zero-order chi connectivity index (χ0) is 35.3. The molecule has 12 nitrogen and oxygen atoms in total. The van der Waals surface area contributed by atoms with Crippen LogP contribution in [0.2, 0.25) is 0 Å². The highest BCUT2D eigenvalue weighted by Gasteiger charge is 2.36. The molecular formula is C31H29F5N5O7P. The number of pyridine rings is 1. The van der Waals surface area contributed by atoms with Crippen LogP contribution < -0.4 is 4.74 Å². The average Bonchev–Trinajstić information content (AvgIpc) is 3.48. The maximum atomic E-state index is 14.5. The summed E-state index contributed by atoms with van der Waals surface area (Å²) in [5.41, 5.74) is -0.524. The fourth-order valence-electron chi connectivity index (χ4n) is 4.89. The highest BCUT2D eigenvalue weighted by Crippen LogP contribution is 2.39. The SMILES string of the molecule is CCCOc1ccc(-c2ccc(C(C(=O)OCCCOP(=O)(O)O)N3Cc4nc(-c5cccc(F)c5F)[nH]c4C=N3)cn2)c(C(F)(F)F)c1. The first-order valence-corrected chi connectivity index (χ1v) is 16.3. The number of ether oxygens (including phenoxy) is 2. The smallest absolute Gasteiger partial charge is 0.469 e. The molecule has 0 fully saturated rings. The number of nitrogens with one attached hydrogen (secondary N) is 1. The van der Waals surface area contributed by atoms with Gasteiger partial charge in [-0.15, -0.1) is 0 Å². The molecule has 0 saturated heterocycles. The second-order valence-corrected chi connectivity index (χ2v) is 11.9. The first-order chi connectivity index (χ1) is 23.2. The van der Waals surface area contributed by atoms with Gasteiger partial charge < -0.3 is 24.2 Å². The topological polar surface area (TPSA) is 159 Å². The third-order valence-corrected chi connectivity index (χ3v) is 7.64. The molecule has 1 aliphatic heterocycles. The van der Waals surface area contributed by atoms with Crippen molar-refractivity contribution in [3.63, 3.8) is 0 Å². The van der Waals surface area contributed by atoms with Gasteiger partial charge in [0, 0.05) is 23.7 Å². The summed E-state index contributed by atoms with van der Waals surface area (Å²) in [5, 5.41) is 5.57. The van der Waals surface area contributed by atoms with Crippen LogP contribution in [0.3, 0.4) is 0 Å². The number of phosphoric acid groups is 1. The number of rotatable bonds is 13. The van der Waals surface area contributed by atoms with Gasteiger partial charge in [-0.1, -0.05) is 19.1 Å². The molecule has 3 N–H and O–H groups in total. The minimum atomic E-state index is -4.74. The van der Waals surface area contributed by atoms with Crippen LogP contribution in [0.5, 0.6) is 5.75 Å². The van der Waals surface area contributed by atoms with E-state index in [9.17, 15) is 31.3 Å². The Morgan fingerprint density at radius 3 is 2.57 bits per heavy atom. The first kappa shape index (κ1) is 35.6. The number of alkyl halides is 3. The van der Waals surface area contributed by atoms with E-state index in [0.29, 0.717) is 17.8 Å². The number of nitrogens with zero attached hydrogens (tertiary/aromatic N) is 4. The van der Waals surface area contributed by atoms with Crippen molar-refractivity contribution in [1.82, 2.24) is 20.0 Å². The molecule has 1 aliphatic rings. The van der Waals surface area contributed by atoms with E-state index in [1.165, 1.54) is 53.8 Å². The van der Waals surface area contributed by atoms with Gasteiger partial charge in [-0.2, -0.15) is 18.3 Å². The number of carbonyl (C=O) groups excluding carboxylic acids is 1. The number of hydrogen-bond acceptors (Lipinski definition) is 9. The van der Waals surface area contributed by atoms with Crippen molar-refractivity contribution in [3.8, 4) is 28.4 Å². The number of H-pyrrole nitrogens is 1. The molecule has 0 amide bonds. The lowest BCUT2D eigenvalue weighted by Crippen LogP contribution is -2.33. The van der Waals surface area contributed by atoms with Crippen molar-refractivity contribution in [2.24, 2.45) is 5.10 Å². The van der Waals surface area contributed by atoms with Gasteiger partial charge in [0.2, 0.25) is 0 Å². The van der Waals surface area contributed by atoms with Crippen LogP contribution in [0, 0.1) is 11.6 Å². The maximum absolute atomic E-state index is 14.5. The largest absolute Gasteiger partial charge is 0.494 e. The van der Waals surface area contributed by atoms with Gasteiger partial charge in [0.1, 0.15) is 11.6 Å². The Labute approximate surface area is 275 Å². The van der Waals surface area contributed by atoms with Crippen LogP contribution >= 0.6 is 7.82 Å². The molecule has 260 valence electrons. The summed E-state index contributed by atoms with van der Waals surface area (Å²) >= 11 is 0. The van der Waals surface area contributed by atoms with Crippen molar-refractivity contribution < 1.29 is 55.1 Å². The summed E-state index contributed by atoms with van der Waals surface area (Å²) in [6.45, 7) is 1.19. The number of imidazole rings is 1. The molecule has 4 aromatic rings. The van der Waals surface area contributed by atoms with Crippen LogP contribution in [0.25, 0.3) is 22.6 Å². The molecule has 1 atom stereocenters. The number of carbonyl (C=O) groups is 1. The Morgan fingerprint density at radius 2 is 1.88 bits per heavy atom. The monoisotopic (exact) mass is 709 g/mol. The van der Waals surface area contributed by atoms with Gasteiger partial charge in [-0.05, 0) is 42.8 Å². The minimum absolute atomic E-state index is 0.0112. The van der Waals surface area contributed by atoms with Crippen molar-refractivity contribution in [2.45, 2.75) is 38.5 Å². The molecule has 3 heterocycles. The van der Waals surface area contributed by atoms with Gasteiger partial charge in [-0.3, -0.25) is 14.5 Å². The Kier molecular flexibility index (Phi) is 10.8. The maximum Gasteiger partial charge on any atom is 0.469 e. The quantitative estimate of drug-likeness (QED) is 0.0636. The van der Waals surface area contributed by atoms with E-state index in [-0.39, 0.29) is 60.1 Å². The molecule has 5 rings (SSSR count). The number of benzene rings is 2. The number of hydrazone groups is 1. The number of aromatic nitrogens is 3. The third kappa shape index (κ3) is 8.67. The van der Waals surface area contributed by atoms with E-state index in [1.807, 2.05) is 6.92 Å². The zero-order valence-corrected chi connectivity index (χ0v) is 26.5. The van der Waals surface area contributed by atoms with Crippen molar-refractivity contribution in [1.29, 1.82) is 0 Å². The number of halogens is 5. The zero-order valence-electron chi connectivity index (χ0n) is 25.7. The van der Waals surface area contributed by atoms with Gasteiger partial charge in [0.15, 0.2) is 17.7 Å². The fourth-order valence-corrected chi connectivity index (χ4v) is 5.26.